The molecule has 118 valence electrons. The first-order valence-corrected chi connectivity index (χ1v) is 8.39. The summed E-state index contributed by atoms with van der Waals surface area (Å²) in [5.74, 6) is 2.69. The lowest BCUT2D eigenvalue weighted by atomic mass is 9.94. The topological polar surface area (TPSA) is 53.9 Å². The summed E-state index contributed by atoms with van der Waals surface area (Å²) in [5.41, 5.74) is 0. The van der Waals surface area contributed by atoms with E-state index < -0.39 is 0 Å². The Morgan fingerprint density at radius 1 is 1.14 bits per heavy atom. The highest BCUT2D eigenvalue weighted by Crippen LogP contribution is 2.35. The summed E-state index contributed by atoms with van der Waals surface area (Å²) in [6, 6.07) is 0.429. The molecule has 0 radical (unpaired) electrons. The van der Waals surface area contributed by atoms with Crippen molar-refractivity contribution in [2.75, 3.05) is 23.3 Å². The molecule has 1 N–H and O–H groups in total. The molecule has 0 aliphatic heterocycles. The average molecular weight is 312 g/mol. The van der Waals surface area contributed by atoms with Crippen LogP contribution in [0.2, 0.25) is 5.28 Å². The van der Waals surface area contributed by atoms with Gasteiger partial charge in [0.15, 0.2) is 0 Å². The van der Waals surface area contributed by atoms with E-state index in [9.17, 15) is 0 Å². The van der Waals surface area contributed by atoms with Gasteiger partial charge in [-0.25, -0.2) is 0 Å². The zero-order chi connectivity index (χ0) is 15.4. The quantitative estimate of drug-likeness (QED) is 0.869. The number of hydrogen-bond acceptors (Lipinski definition) is 5. The second-order valence-corrected chi connectivity index (χ2v) is 6.09. The third-order valence-electron chi connectivity index (χ3n) is 4.71. The molecule has 1 fully saturated rings. The molecule has 1 aliphatic carbocycles. The van der Waals surface area contributed by atoms with Crippen molar-refractivity contribution < 1.29 is 0 Å². The Morgan fingerprint density at radius 2 is 1.86 bits per heavy atom. The highest BCUT2D eigenvalue weighted by Gasteiger charge is 2.32. The van der Waals surface area contributed by atoms with Crippen molar-refractivity contribution in [1.29, 1.82) is 0 Å². The fourth-order valence-corrected chi connectivity index (χ4v) is 3.40. The molecule has 1 aromatic rings. The minimum absolute atomic E-state index is 0.257. The summed E-state index contributed by atoms with van der Waals surface area (Å²) >= 11 is 6.06. The van der Waals surface area contributed by atoms with E-state index in [1.165, 1.54) is 19.3 Å². The lowest BCUT2D eigenvalue weighted by molar-refractivity contribution is 0.391. The van der Waals surface area contributed by atoms with Gasteiger partial charge in [0.2, 0.25) is 17.2 Å². The largest absolute Gasteiger partial charge is 0.351 e. The molecule has 0 spiro atoms. The first kappa shape index (κ1) is 16.3. The molecule has 1 heterocycles. The lowest BCUT2D eigenvalue weighted by Crippen LogP contribution is -2.28. The van der Waals surface area contributed by atoms with E-state index in [1.807, 2.05) is 0 Å². The van der Waals surface area contributed by atoms with Crippen LogP contribution >= 0.6 is 11.6 Å². The highest BCUT2D eigenvalue weighted by molar-refractivity contribution is 6.28. The molecule has 5 nitrogen and oxygen atoms in total. The molecule has 2 rings (SSSR count). The second kappa shape index (κ2) is 7.25. The van der Waals surface area contributed by atoms with Gasteiger partial charge < -0.3 is 10.2 Å². The van der Waals surface area contributed by atoms with Gasteiger partial charge in [0, 0.05) is 19.1 Å². The predicted molar refractivity (Wildman–Crippen MR) is 88.0 cm³/mol. The van der Waals surface area contributed by atoms with E-state index in [4.69, 9.17) is 11.6 Å². The molecule has 0 amide bonds. The maximum absolute atomic E-state index is 6.06. The highest BCUT2D eigenvalue weighted by atomic mass is 35.5. The lowest BCUT2D eigenvalue weighted by Gasteiger charge is -2.22. The molecule has 1 saturated carbocycles. The minimum Gasteiger partial charge on any atom is -0.351 e. The maximum Gasteiger partial charge on any atom is 0.231 e. The summed E-state index contributed by atoms with van der Waals surface area (Å²) in [7, 11) is 0. The second-order valence-electron chi connectivity index (χ2n) is 5.76. The summed E-state index contributed by atoms with van der Waals surface area (Å²) in [6.45, 7) is 10.5. The van der Waals surface area contributed by atoms with Crippen molar-refractivity contribution in [2.24, 2.45) is 11.8 Å². The third-order valence-corrected chi connectivity index (χ3v) is 4.88. The van der Waals surface area contributed by atoms with Crippen LogP contribution < -0.4 is 10.2 Å². The summed E-state index contributed by atoms with van der Waals surface area (Å²) in [5, 5.41) is 3.72. The van der Waals surface area contributed by atoms with Crippen LogP contribution in [0.5, 0.6) is 0 Å². The van der Waals surface area contributed by atoms with Crippen molar-refractivity contribution in [1.82, 2.24) is 15.0 Å². The van der Waals surface area contributed by atoms with Gasteiger partial charge in [0.25, 0.3) is 0 Å². The normalized spacial score (nSPS) is 25.1. The van der Waals surface area contributed by atoms with E-state index in [0.29, 0.717) is 23.9 Å². The van der Waals surface area contributed by atoms with E-state index in [-0.39, 0.29) is 5.28 Å². The van der Waals surface area contributed by atoms with Crippen LogP contribution in [-0.4, -0.2) is 34.1 Å². The molecule has 6 heteroatoms. The van der Waals surface area contributed by atoms with E-state index in [0.717, 1.165) is 19.0 Å². The van der Waals surface area contributed by atoms with Crippen molar-refractivity contribution in [2.45, 2.75) is 53.0 Å². The molecular formula is C15H26ClN5. The minimum atomic E-state index is 0.257. The molecule has 0 aromatic carbocycles. The summed E-state index contributed by atoms with van der Waals surface area (Å²) in [6.07, 6.45) is 3.68. The molecule has 1 aliphatic rings. The van der Waals surface area contributed by atoms with Crippen LogP contribution in [0.4, 0.5) is 11.9 Å². The van der Waals surface area contributed by atoms with Crippen molar-refractivity contribution >= 4 is 23.5 Å². The first-order chi connectivity index (χ1) is 10.1. The van der Waals surface area contributed by atoms with Crippen molar-refractivity contribution in [3.8, 4) is 0 Å². The number of nitrogens with zero attached hydrogens (tertiary/aromatic N) is 4. The molecule has 0 saturated heterocycles. The third kappa shape index (κ3) is 3.76. The first-order valence-electron chi connectivity index (χ1n) is 8.02. The van der Waals surface area contributed by atoms with Gasteiger partial charge in [-0.1, -0.05) is 20.3 Å². The fraction of sp³-hybridized carbons (Fsp3) is 0.800. The van der Waals surface area contributed by atoms with E-state index in [2.05, 4.69) is 52.9 Å². The number of hydrogen-bond donors (Lipinski definition) is 1. The number of nitrogens with one attached hydrogen (secondary N) is 1. The van der Waals surface area contributed by atoms with Gasteiger partial charge in [-0.15, -0.1) is 0 Å². The average Bonchev–Trinajstić information content (AvgIpc) is 2.80. The van der Waals surface area contributed by atoms with Crippen LogP contribution in [0.3, 0.4) is 0 Å². The van der Waals surface area contributed by atoms with Gasteiger partial charge >= 0.3 is 0 Å². The number of halogens is 1. The number of aromatic nitrogens is 3. The Kier molecular flexibility index (Phi) is 5.62. The summed E-state index contributed by atoms with van der Waals surface area (Å²) < 4.78 is 0. The van der Waals surface area contributed by atoms with Crippen LogP contribution in [0.15, 0.2) is 0 Å². The SMILES string of the molecule is CCC1CCC(Nc2nc(Cl)nc(N(CC)CC)n2)C1C. The Labute approximate surface area is 132 Å². The Hall–Kier alpha value is -1.10. The van der Waals surface area contributed by atoms with E-state index >= 15 is 0 Å². The van der Waals surface area contributed by atoms with Crippen LogP contribution in [0.1, 0.15) is 47.0 Å². The Bertz CT molecular complexity index is 463. The van der Waals surface area contributed by atoms with Crippen molar-refractivity contribution in [3.63, 3.8) is 0 Å². The molecule has 3 unspecified atom stereocenters. The molecule has 0 bridgehead atoms. The smallest absolute Gasteiger partial charge is 0.231 e. The van der Waals surface area contributed by atoms with Crippen LogP contribution in [0.25, 0.3) is 0 Å². The number of rotatable bonds is 6. The zero-order valence-electron chi connectivity index (χ0n) is 13.4. The van der Waals surface area contributed by atoms with Crippen molar-refractivity contribution in [3.05, 3.63) is 5.28 Å². The number of anilines is 2. The van der Waals surface area contributed by atoms with Gasteiger partial charge in [-0.2, -0.15) is 15.0 Å². The molecule has 3 atom stereocenters. The predicted octanol–water partition coefficient (Wildman–Crippen LogP) is 3.61. The van der Waals surface area contributed by atoms with E-state index in [1.54, 1.807) is 0 Å². The maximum atomic E-state index is 6.06. The summed E-state index contributed by atoms with van der Waals surface area (Å²) in [4.78, 5) is 15.1. The Balaban J connectivity index is 2.13. The monoisotopic (exact) mass is 311 g/mol. The molecule has 1 aromatic heterocycles. The fourth-order valence-electron chi connectivity index (χ4n) is 3.25. The Morgan fingerprint density at radius 3 is 2.43 bits per heavy atom. The zero-order valence-corrected chi connectivity index (χ0v) is 14.2. The standard InChI is InChI=1S/C15H26ClN5/c1-5-11-8-9-12(10(11)4)17-14-18-13(16)19-15(20-14)21(6-2)7-3/h10-12H,5-9H2,1-4H3,(H,17,18,19,20). The van der Waals surface area contributed by atoms with Gasteiger partial charge in [-0.3, -0.25) is 0 Å². The van der Waals surface area contributed by atoms with Gasteiger partial charge in [0.1, 0.15) is 0 Å². The molecule has 21 heavy (non-hydrogen) atoms. The van der Waals surface area contributed by atoms with Gasteiger partial charge in [-0.05, 0) is 50.1 Å². The van der Waals surface area contributed by atoms with Gasteiger partial charge in [0.05, 0.1) is 0 Å². The molecular weight excluding hydrogens is 286 g/mol. The van der Waals surface area contributed by atoms with Crippen LogP contribution in [0, 0.1) is 11.8 Å². The van der Waals surface area contributed by atoms with Crippen LogP contribution in [-0.2, 0) is 0 Å².